The third-order valence-corrected chi connectivity index (χ3v) is 3.30. The molecule has 1 saturated heterocycles. The molecule has 0 aliphatic carbocycles. The second-order valence-corrected chi connectivity index (χ2v) is 5.12. The molecular formula is C10H13BrN8. The zero-order valence-electron chi connectivity index (χ0n) is 10.1. The molecule has 19 heavy (non-hydrogen) atoms. The summed E-state index contributed by atoms with van der Waals surface area (Å²) in [5.74, 6) is 6.81. The monoisotopic (exact) mass is 324 g/mol. The van der Waals surface area contributed by atoms with E-state index >= 15 is 0 Å². The molecule has 2 aromatic heterocycles. The van der Waals surface area contributed by atoms with Crippen molar-refractivity contribution in [3.8, 4) is 5.95 Å². The minimum atomic E-state index is 0.332. The average Bonchev–Trinajstić information content (AvgIpc) is 3.09. The van der Waals surface area contributed by atoms with Crippen LogP contribution >= 0.6 is 15.9 Å². The standard InChI is InChI=1S/C10H13BrN8/c11-7-5-13-19(6-7)10-15-8(17-12)14-9(16-10)18-3-1-2-4-18/h5-6H,1-4,12H2,(H,14,15,16,17). The Morgan fingerprint density at radius 3 is 2.53 bits per heavy atom. The van der Waals surface area contributed by atoms with E-state index in [-0.39, 0.29) is 0 Å². The highest BCUT2D eigenvalue weighted by molar-refractivity contribution is 9.10. The number of nitrogens with one attached hydrogen (secondary N) is 1. The minimum Gasteiger partial charge on any atom is -0.341 e. The van der Waals surface area contributed by atoms with Crippen LogP contribution in [0, 0.1) is 0 Å². The predicted molar refractivity (Wildman–Crippen MR) is 73.9 cm³/mol. The van der Waals surface area contributed by atoms with E-state index in [0.717, 1.165) is 30.4 Å². The van der Waals surface area contributed by atoms with Crippen molar-refractivity contribution in [1.82, 2.24) is 24.7 Å². The van der Waals surface area contributed by atoms with Crippen molar-refractivity contribution in [2.24, 2.45) is 5.84 Å². The van der Waals surface area contributed by atoms with Crippen molar-refractivity contribution in [3.05, 3.63) is 16.9 Å². The minimum absolute atomic E-state index is 0.332. The Balaban J connectivity index is 2.01. The Hall–Kier alpha value is -1.74. The van der Waals surface area contributed by atoms with Crippen LogP contribution in [-0.2, 0) is 0 Å². The van der Waals surface area contributed by atoms with Crippen LogP contribution in [0.3, 0.4) is 0 Å². The third kappa shape index (κ3) is 2.51. The van der Waals surface area contributed by atoms with E-state index in [1.807, 2.05) is 0 Å². The number of nitrogen functional groups attached to an aromatic ring is 1. The highest BCUT2D eigenvalue weighted by Crippen LogP contribution is 2.18. The molecule has 0 unspecified atom stereocenters. The van der Waals surface area contributed by atoms with Gasteiger partial charge < -0.3 is 4.90 Å². The second-order valence-electron chi connectivity index (χ2n) is 4.20. The van der Waals surface area contributed by atoms with Gasteiger partial charge in [0.25, 0.3) is 5.95 Å². The summed E-state index contributed by atoms with van der Waals surface area (Å²) >= 11 is 3.34. The molecule has 3 rings (SSSR count). The van der Waals surface area contributed by atoms with E-state index in [9.17, 15) is 0 Å². The lowest BCUT2D eigenvalue weighted by Gasteiger charge is -2.16. The van der Waals surface area contributed by atoms with Gasteiger partial charge in [0.15, 0.2) is 0 Å². The van der Waals surface area contributed by atoms with Gasteiger partial charge in [-0.1, -0.05) is 0 Å². The van der Waals surface area contributed by atoms with E-state index in [1.54, 1.807) is 17.1 Å². The van der Waals surface area contributed by atoms with Gasteiger partial charge in [-0.15, -0.1) is 0 Å². The van der Waals surface area contributed by atoms with Gasteiger partial charge in [0, 0.05) is 19.3 Å². The molecule has 2 aromatic rings. The van der Waals surface area contributed by atoms with Crippen molar-refractivity contribution < 1.29 is 0 Å². The van der Waals surface area contributed by atoms with Gasteiger partial charge in [0.1, 0.15) is 0 Å². The zero-order chi connectivity index (χ0) is 13.2. The van der Waals surface area contributed by atoms with Crippen LogP contribution in [-0.4, -0.2) is 37.8 Å². The largest absolute Gasteiger partial charge is 0.341 e. The topological polar surface area (TPSA) is 97.8 Å². The molecule has 0 atom stereocenters. The summed E-state index contributed by atoms with van der Waals surface area (Å²) in [6.07, 6.45) is 5.76. The number of hydrazine groups is 1. The molecule has 0 radical (unpaired) electrons. The van der Waals surface area contributed by atoms with Gasteiger partial charge in [-0.2, -0.15) is 20.1 Å². The number of anilines is 2. The van der Waals surface area contributed by atoms with E-state index < -0.39 is 0 Å². The number of nitrogens with two attached hydrogens (primary N) is 1. The Bertz CT molecular complexity index is 577. The Morgan fingerprint density at radius 2 is 1.89 bits per heavy atom. The molecule has 9 heteroatoms. The van der Waals surface area contributed by atoms with Crippen LogP contribution in [0.15, 0.2) is 16.9 Å². The summed E-state index contributed by atoms with van der Waals surface area (Å²) < 4.78 is 2.43. The highest BCUT2D eigenvalue weighted by Gasteiger charge is 2.18. The first-order chi connectivity index (χ1) is 9.26. The molecule has 3 N–H and O–H groups in total. The van der Waals surface area contributed by atoms with E-state index in [1.165, 1.54) is 0 Å². The molecule has 0 aromatic carbocycles. The first-order valence-electron chi connectivity index (χ1n) is 5.94. The first kappa shape index (κ1) is 12.3. The van der Waals surface area contributed by atoms with Crippen LogP contribution < -0.4 is 16.2 Å². The molecular weight excluding hydrogens is 312 g/mol. The van der Waals surface area contributed by atoms with E-state index in [4.69, 9.17) is 5.84 Å². The number of nitrogens with zero attached hydrogens (tertiary/aromatic N) is 6. The van der Waals surface area contributed by atoms with E-state index in [2.05, 4.69) is 46.3 Å². The summed E-state index contributed by atoms with van der Waals surface area (Å²) in [4.78, 5) is 15.0. The van der Waals surface area contributed by atoms with Crippen LogP contribution in [0.1, 0.15) is 12.8 Å². The first-order valence-corrected chi connectivity index (χ1v) is 6.74. The summed E-state index contributed by atoms with van der Waals surface area (Å²) in [6.45, 7) is 1.91. The highest BCUT2D eigenvalue weighted by atomic mass is 79.9. The fraction of sp³-hybridized carbons (Fsp3) is 0.400. The summed E-state index contributed by atoms with van der Waals surface area (Å²) in [7, 11) is 0. The van der Waals surface area contributed by atoms with Gasteiger partial charge in [0.05, 0.1) is 10.7 Å². The Kier molecular flexibility index (Phi) is 3.30. The van der Waals surface area contributed by atoms with Crippen molar-refractivity contribution in [2.75, 3.05) is 23.4 Å². The molecule has 0 spiro atoms. The van der Waals surface area contributed by atoms with Gasteiger partial charge in [-0.3, -0.25) is 5.43 Å². The number of aromatic nitrogens is 5. The summed E-state index contributed by atoms with van der Waals surface area (Å²) in [5, 5.41) is 4.16. The number of rotatable bonds is 3. The molecule has 3 heterocycles. The van der Waals surface area contributed by atoms with Crippen molar-refractivity contribution in [2.45, 2.75) is 12.8 Å². The number of halogens is 1. The van der Waals surface area contributed by atoms with Crippen LogP contribution in [0.4, 0.5) is 11.9 Å². The lowest BCUT2D eigenvalue weighted by molar-refractivity contribution is 0.779. The molecule has 1 aliphatic heterocycles. The van der Waals surface area contributed by atoms with Gasteiger partial charge in [-0.05, 0) is 28.8 Å². The Morgan fingerprint density at radius 1 is 1.16 bits per heavy atom. The number of hydrogen-bond donors (Lipinski definition) is 2. The van der Waals surface area contributed by atoms with Crippen LogP contribution in [0.25, 0.3) is 5.95 Å². The molecule has 1 fully saturated rings. The molecule has 0 bridgehead atoms. The SMILES string of the molecule is NNc1nc(N2CCCC2)nc(-n2cc(Br)cn2)n1. The lowest BCUT2D eigenvalue weighted by Crippen LogP contribution is -2.23. The third-order valence-electron chi connectivity index (χ3n) is 2.89. The fourth-order valence-corrected chi connectivity index (χ4v) is 2.28. The zero-order valence-corrected chi connectivity index (χ0v) is 11.7. The van der Waals surface area contributed by atoms with Crippen molar-refractivity contribution in [3.63, 3.8) is 0 Å². The molecule has 1 aliphatic rings. The maximum absolute atomic E-state index is 5.41. The smallest absolute Gasteiger partial charge is 0.257 e. The predicted octanol–water partition coefficient (Wildman–Crippen LogP) is 0.706. The molecule has 8 nitrogen and oxygen atoms in total. The van der Waals surface area contributed by atoms with Crippen LogP contribution in [0.2, 0.25) is 0 Å². The summed E-state index contributed by atoms with van der Waals surface area (Å²) in [6, 6.07) is 0. The molecule has 0 saturated carbocycles. The normalized spacial score (nSPS) is 14.9. The molecule has 100 valence electrons. The maximum Gasteiger partial charge on any atom is 0.257 e. The van der Waals surface area contributed by atoms with Gasteiger partial charge in [0.2, 0.25) is 11.9 Å². The molecule has 0 amide bonds. The van der Waals surface area contributed by atoms with Gasteiger partial charge >= 0.3 is 0 Å². The summed E-state index contributed by atoms with van der Waals surface area (Å²) in [5.41, 5.74) is 2.47. The van der Waals surface area contributed by atoms with Gasteiger partial charge in [-0.25, -0.2) is 10.5 Å². The quantitative estimate of drug-likeness (QED) is 0.633. The van der Waals surface area contributed by atoms with E-state index in [0.29, 0.717) is 17.8 Å². The second kappa shape index (κ2) is 5.10. The lowest BCUT2D eigenvalue weighted by atomic mass is 10.4. The van der Waals surface area contributed by atoms with Crippen LogP contribution in [0.5, 0.6) is 0 Å². The Labute approximate surface area is 118 Å². The fourth-order valence-electron chi connectivity index (χ4n) is 1.99. The van der Waals surface area contributed by atoms with Crippen molar-refractivity contribution in [1.29, 1.82) is 0 Å². The average molecular weight is 325 g/mol. The number of hydrogen-bond acceptors (Lipinski definition) is 7. The maximum atomic E-state index is 5.41. The van der Waals surface area contributed by atoms with Crippen molar-refractivity contribution >= 4 is 27.8 Å².